The first-order valence-electron chi connectivity index (χ1n) is 5.43. The summed E-state index contributed by atoms with van der Waals surface area (Å²) in [6.07, 6.45) is 3.91. The SMILES string of the molecule is COCc1c(Br)cccc1NCc1cc[nH]c1. The van der Waals surface area contributed by atoms with Gasteiger partial charge in [0, 0.05) is 41.8 Å². The number of hydrogen-bond donors (Lipinski definition) is 2. The lowest BCUT2D eigenvalue weighted by molar-refractivity contribution is 0.185. The Morgan fingerprint density at radius 2 is 2.24 bits per heavy atom. The second kappa shape index (κ2) is 5.89. The summed E-state index contributed by atoms with van der Waals surface area (Å²) >= 11 is 3.54. The Kier molecular flexibility index (Phi) is 4.23. The van der Waals surface area contributed by atoms with Crippen molar-refractivity contribution in [3.63, 3.8) is 0 Å². The third-order valence-corrected chi connectivity index (χ3v) is 3.30. The van der Waals surface area contributed by atoms with Crippen LogP contribution in [0, 0.1) is 0 Å². The minimum Gasteiger partial charge on any atom is -0.381 e. The molecule has 0 spiro atoms. The molecule has 1 heterocycles. The molecule has 1 aromatic heterocycles. The van der Waals surface area contributed by atoms with Crippen molar-refractivity contribution in [1.29, 1.82) is 0 Å². The molecule has 0 aliphatic rings. The van der Waals surface area contributed by atoms with E-state index in [4.69, 9.17) is 4.74 Å². The van der Waals surface area contributed by atoms with E-state index < -0.39 is 0 Å². The number of methoxy groups -OCH3 is 1. The molecular weight excluding hydrogens is 280 g/mol. The van der Waals surface area contributed by atoms with E-state index in [9.17, 15) is 0 Å². The third kappa shape index (κ3) is 3.11. The van der Waals surface area contributed by atoms with Crippen LogP contribution in [0.2, 0.25) is 0 Å². The van der Waals surface area contributed by atoms with Crippen molar-refractivity contribution in [3.05, 3.63) is 52.3 Å². The summed E-state index contributed by atoms with van der Waals surface area (Å²) in [5, 5.41) is 3.41. The van der Waals surface area contributed by atoms with Gasteiger partial charge in [0.2, 0.25) is 0 Å². The van der Waals surface area contributed by atoms with Crippen LogP contribution in [0.4, 0.5) is 5.69 Å². The molecule has 0 unspecified atom stereocenters. The smallest absolute Gasteiger partial charge is 0.0744 e. The maximum absolute atomic E-state index is 5.21. The summed E-state index contributed by atoms with van der Waals surface area (Å²) in [7, 11) is 1.70. The first-order valence-corrected chi connectivity index (χ1v) is 6.22. The van der Waals surface area contributed by atoms with Crippen LogP contribution in [0.25, 0.3) is 0 Å². The molecule has 2 aromatic rings. The van der Waals surface area contributed by atoms with E-state index in [1.54, 1.807) is 7.11 Å². The maximum Gasteiger partial charge on any atom is 0.0744 e. The lowest BCUT2D eigenvalue weighted by atomic mass is 10.2. The zero-order valence-corrected chi connectivity index (χ0v) is 11.3. The van der Waals surface area contributed by atoms with Crippen molar-refractivity contribution < 1.29 is 4.74 Å². The van der Waals surface area contributed by atoms with Gasteiger partial charge in [-0.05, 0) is 23.8 Å². The predicted octanol–water partition coefficient (Wildman–Crippen LogP) is 3.54. The van der Waals surface area contributed by atoms with Gasteiger partial charge in [0.1, 0.15) is 0 Å². The number of aromatic amines is 1. The Hall–Kier alpha value is -1.26. The summed E-state index contributed by atoms with van der Waals surface area (Å²) in [4.78, 5) is 3.04. The van der Waals surface area contributed by atoms with Gasteiger partial charge in [0.05, 0.1) is 6.61 Å². The minimum atomic E-state index is 0.594. The fraction of sp³-hybridized carbons (Fsp3) is 0.231. The number of hydrogen-bond acceptors (Lipinski definition) is 2. The first-order chi connectivity index (χ1) is 8.31. The van der Waals surface area contributed by atoms with Gasteiger partial charge in [-0.15, -0.1) is 0 Å². The van der Waals surface area contributed by atoms with Crippen molar-refractivity contribution in [1.82, 2.24) is 4.98 Å². The highest BCUT2D eigenvalue weighted by Gasteiger charge is 2.06. The van der Waals surface area contributed by atoms with Crippen LogP contribution in [0.3, 0.4) is 0 Å². The molecule has 0 fully saturated rings. The number of H-pyrrole nitrogens is 1. The minimum absolute atomic E-state index is 0.594. The monoisotopic (exact) mass is 294 g/mol. The maximum atomic E-state index is 5.21. The molecule has 0 saturated carbocycles. The van der Waals surface area contributed by atoms with E-state index >= 15 is 0 Å². The Morgan fingerprint density at radius 3 is 2.94 bits per heavy atom. The number of anilines is 1. The second-order valence-corrected chi connectivity index (χ2v) is 4.63. The quantitative estimate of drug-likeness (QED) is 0.885. The standard InChI is InChI=1S/C13H15BrN2O/c1-17-9-11-12(14)3-2-4-13(11)16-8-10-5-6-15-7-10/h2-7,15-16H,8-9H2,1H3. The van der Waals surface area contributed by atoms with Crippen molar-refractivity contribution >= 4 is 21.6 Å². The van der Waals surface area contributed by atoms with Gasteiger partial charge in [0.25, 0.3) is 0 Å². The highest BCUT2D eigenvalue weighted by atomic mass is 79.9. The van der Waals surface area contributed by atoms with Gasteiger partial charge in [-0.2, -0.15) is 0 Å². The van der Waals surface area contributed by atoms with Crippen LogP contribution in [-0.2, 0) is 17.9 Å². The van der Waals surface area contributed by atoms with Crippen LogP contribution in [0.15, 0.2) is 41.1 Å². The molecule has 0 atom stereocenters. The zero-order chi connectivity index (χ0) is 12.1. The predicted molar refractivity (Wildman–Crippen MR) is 73.0 cm³/mol. The molecule has 3 nitrogen and oxygen atoms in total. The molecule has 2 rings (SSSR count). The number of ether oxygens (including phenoxy) is 1. The largest absolute Gasteiger partial charge is 0.381 e. The highest BCUT2D eigenvalue weighted by molar-refractivity contribution is 9.10. The number of rotatable bonds is 5. The zero-order valence-electron chi connectivity index (χ0n) is 9.66. The molecule has 0 aliphatic heterocycles. The third-order valence-electron chi connectivity index (χ3n) is 2.55. The van der Waals surface area contributed by atoms with Crippen LogP contribution in [0.1, 0.15) is 11.1 Å². The first kappa shape index (κ1) is 12.2. The van der Waals surface area contributed by atoms with E-state index in [-0.39, 0.29) is 0 Å². The summed E-state index contributed by atoms with van der Waals surface area (Å²) in [5.74, 6) is 0. The van der Waals surface area contributed by atoms with Crippen molar-refractivity contribution in [2.75, 3.05) is 12.4 Å². The molecule has 0 amide bonds. The second-order valence-electron chi connectivity index (χ2n) is 3.77. The highest BCUT2D eigenvalue weighted by Crippen LogP contribution is 2.25. The van der Waals surface area contributed by atoms with Gasteiger partial charge in [-0.1, -0.05) is 22.0 Å². The summed E-state index contributed by atoms with van der Waals surface area (Å²) in [6.45, 7) is 1.40. The molecule has 90 valence electrons. The van der Waals surface area contributed by atoms with Crippen LogP contribution in [-0.4, -0.2) is 12.1 Å². The average molecular weight is 295 g/mol. The fourth-order valence-electron chi connectivity index (χ4n) is 1.68. The molecule has 0 radical (unpaired) electrons. The molecule has 0 aliphatic carbocycles. The topological polar surface area (TPSA) is 37.0 Å². The van der Waals surface area contributed by atoms with Gasteiger partial charge in [0.15, 0.2) is 0 Å². The number of halogens is 1. The number of nitrogens with one attached hydrogen (secondary N) is 2. The Labute approximate surface area is 109 Å². The Bertz CT molecular complexity index is 468. The summed E-state index contributed by atoms with van der Waals surface area (Å²) in [5.41, 5.74) is 3.47. The van der Waals surface area contributed by atoms with E-state index in [0.29, 0.717) is 6.61 Å². The van der Waals surface area contributed by atoms with Gasteiger partial charge in [-0.25, -0.2) is 0 Å². The molecule has 17 heavy (non-hydrogen) atoms. The van der Waals surface area contributed by atoms with Gasteiger partial charge >= 0.3 is 0 Å². The van der Waals surface area contributed by atoms with E-state index in [1.807, 2.05) is 24.5 Å². The average Bonchev–Trinajstić information content (AvgIpc) is 2.83. The summed E-state index contributed by atoms with van der Waals surface area (Å²) < 4.78 is 6.28. The lowest BCUT2D eigenvalue weighted by Crippen LogP contribution is -2.03. The molecule has 0 bridgehead atoms. The number of benzene rings is 1. The van der Waals surface area contributed by atoms with Crippen molar-refractivity contribution in [2.45, 2.75) is 13.2 Å². The van der Waals surface area contributed by atoms with Gasteiger partial charge in [-0.3, -0.25) is 0 Å². The van der Waals surface area contributed by atoms with E-state index in [0.717, 1.165) is 22.3 Å². The van der Waals surface area contributed by atoms with E-state index in [2.05, 4.69) is 38.4 Å². The lowest BCUT2D eigenvalue weighted by Gasteiger charge is -2.12. The summed E-state index contributed by atoms with van der Waals surface area (Å²) in [6, 6.07) is 8.16. The van der Waals surface area contributed by atoms with Crippen molar-refractivity contribution in [2.24, 2.45) is 0 Å². The molecular formula is C13H15BrN2O. The normalized spacial score (nSPS) is 10.5. The van der Waals surface area contributed by atoms with Crippen LogP contribution in [0.5, 0.6) is 0 Å². The Morgan fingerprint density at radius 1 is 1.35 bits per heavy atom. The Balaban J connectivity index is 2.11. The number of aromatic nitrogens is 1. The van der Waals surface area contributed by atoms with Crippen LogP contribution >= 0.6 is 15.9 Å². The molecule has 0 saturated heterocycles. The molecule has 4 heteroatoms. The van der Waals surface area contributed by atoms with Crippen molar-refractivity contribution in [3.8, 4) is 0 Å². The molecule has 2 N–H and O–H groups in total. The fourth-order valence-corrected chi connectivity index (χ4v) is 2.16. The van der Waals surface area contributed by atoms with Crippen LogP contribution < -0.4 is 5.32 Å². The van der Waals surface area contributed by atoms with Gasteiger partial charge < -0.3 is 15.0 Å². The van der Waals surface area contributed by atoms with E-state index in [1.165, 1.54) is 5.56 Å². The molecule has 1 aromatic carbocycles.